The molecule has 0 bridgehead atoms. The summed E-state index contributed by atoms with van der Waals surface area (Å²) in [7, 11) is -4.79. The van der Waals surface area contributed by atoms with Gasteiger partial charge in [-0.25, -0.2) is 0 Å². The molecule has 0 aromatic carbocycles. The molecule has 6 nitrogen and oxygen atoms in total. The van der Waals surface area contributed by atoms with E-state index in [4.69, 9.17) is 5.11 Å². The van der Waals surface area contributed by atoms with Crippen molar-refractivity contribution in [3.05, 3.63) is 0 Å². The second-order valence-corrected chi connectivity index (χ2v) is 3.32. The van der Waals surface area contributed by atoms with Crippen LogP contribution >= 0.6 is 16.5 Å². The molecule has 1 rings (SSSR count). The molecular formula is C2H4CdO6P2+2. The molecule has 0 saturated carbocycles. The molecule has 0 amide bonds. The van der Waals surface area contributed by atoms with Crippen molar-refractivity contribution in [1.29, 1.82) is 0 Å². The molecular weight excluding hydrogens is 294 g/mol. The van der Waals surface area contributed by atoms with Gasteiger partial charge in [-0.2, -0.15) is 0 Å². The summed E-state index contributed by atoms with van der Waals surface area (Å²) < 4.78 is 33.5. The minimum atomic E-state index is -2.39. The first kappa shape index (κ1) is 12.0. The van der Waals surface area contributed by atoms with Gasteiger partial charge in [0.2, 0.25) is 0 Å². The van der Waals surface area contributed by atoms with Crippen molar-refractivity contribution in [2.24, 2.45) is 0 Å². The third kappa shape index (κ3) is 3.93. The summed E-state index contributed by atoms with van der Waals surface area (Å²) in [5.74, 6) is 0. The monoisotopic (exact) mass is 300 g/mol. The SMILES string of the molecule is O=[P+]1OC(CO)O[P+](=O)O1.[Cd]. The summed E-state index contributed by atoms with van der Waals surface area (Å²) in [5.41, 5.74) is 0. The normalized spacial score (nSPS) is 31.2. The van der Waals surface area contributed by atoms with Gasteiger partial charge >= 0.3 is 16.5 Å². The Morgan fingerprint density at radius 3 is 2.09 bits per heavy atom. The van der Waals surface area contributed by atoms with Gasteiger partial charge in [-0.15, -0.1) is 0 Å². The van der Waals surface area contributed by atoms with Gasteiger partial charge in [0.15, 0.2) is 4.31 Å². The molecule has 0 radical (unpaired) electrons. The van der Waals surface area contributed by atoms with E-state index in [-0.39, 0.29) is 27.3 Å². The van der Waals surface area contributed by atoms with Crippen molar-refractivity contribution in [3.63, 3.8) is 0 Å². The Labute approximate surface area is 84.3 Å². The number of aliphatic hydroxyl groups excluding tert-OH is 1. The van der Waals surface area contributed by atoms with Crippen LogP contribution in [0.3, 0.4) is 0 Å². The second-order valence-electron chi connectivity index (χ2n) is 1.35. The van der Waals surface area contributed by atoms with Gasteiger partial charge in [0.05, 0.1) is 0 Å². The summed E-state index contributed by atoms with van der Waals surface area (Å²) in [5, 5.41) is 8.36. The van der Waals surface area contributed by atoms with Crippen LogP contribution in [0.5, 0.6) is 0 Å². The van der Waals surface area contributed by atoms with E-state index < -0.39 is 29.4 Å². The zero-order valence-electron chi connectivity index (χ0n) is 5.37. The van der Waals surface area contributed by atoms with Crippen LogP contribution in [0, 0.1) is 0 Å². The van der Waals surface area contributed by atoms with Gasteiger partial charge < -0.3 is 5.11 Å². The Morgan fingerprint density at radius 2 is 1.73 bits per heavy atom. The zero-order valence-corrected chi connectivity index (χ0v) is 11.2. The van der Waals surface area contributed by atoms with Crippen molar-refractivity contribution >= 4 is 16.5 Å². The molecule has 2 unspecified atom stereocenters. The molecule has 1 saturated heterocycles. The van der Waals surface area contributed by atoms with E-state index in [1.165, 1.54) is 0 Å². The molecule has 1 aliphatic heterocycles. The third-order valence-corrected chi connectivity index (χ3v) is 2.57. The number of aliphatic hydroxyl groups is 1. The predicted octanol–water partition coefficient (Wildman–Crippen LogP) is 0.680. The molecule has 0 aliphatic carbocycles. The molecule has 2 atom stereocenters. The van der Waals surface area contributed by atoms with Gasteiger partial charge in [-0.05, 0) is 0 Å². The molecule has 0 aromatic heterocycles. The molecule has 0 spiro atoms. The Morgan fingerprint density at radius 1 is 1.27 bits per heavy atom. The van der Waals surface area contributed by atoms with Crippen molar-refractivity contribution in [1.82, 2.24) is 0 Å². The fraction of sp³-hybridized carbons (Fsp3) is 1.00. The Kier molecular flexibility index (Phi) is 6.07. The Hall–Kier alpha value is 0.962. The second kappa shape index (κ2) is 5.58. The van der Waals surface area contributed by atoms with E-state index in [9.17, 15) is 9.13 Å². The predicted molar refractivity (Wildman–Crippen MR) is 29.3 cm³/mol. The van der Waals surface area contributed by atoms with Gasteiger partial charge in [0, 0.05) is 36.4 Å². The third-order valence-electron chi connectivity index (χ3n) is 0.690. The van der Waals surface area contributed by atoms with E-state index >= 15 is 0 Å². The van der Waals surface area contributed by atoms with Gasteiger partial charge in [0.25, 0.3) is 6.29 Å². The van der Waals surface area contributed by atoms with Gasteiger partial charge in [0.1, 0.15) is 6.61 Å². The zero-order chi connectivity index (χ0) is 7.56. The van der Waals surface area contributed by atoms with E-state index in [0.717, 1.165) is 0 Å². The first-order chi connectivity index (χ1) is 4.72. The molecule has 1 heterocycles. The van der Waals surface area contributed by atoms with Crippen molar-refractivity contribution in [2.45, 2.75) is 6.29 Å². The summed E-state index contributed by atoms with van der Waals surface area (Å²) in [4.78, 5) is 0. The Balaban J connectivity index is 0.000001000. The van der Waals surface area contributed by atoms with Crippen LogP contribution in [0.15, 0.2) is 0 Å². The standard InChI is InChI=1S/C2H4O6P2.Cd/c3-1-2-6-9(4)8-10(5)7-2;/h2-3H,1H2;/q+2;. The molecule has 1 fully saturated rings. The average Bonchev–Trinajstić information content (AvgIpc) is 1.85. The first-order valence-corrected chi connectivity index (χ1v) is 4.48. The van der Waals surface area contributed by atoms with Gasteiger partial charge in [-0.3, -0.25) is 0 Å². The summed E-state index contributed by atoms with van der Waals surface area (Å²) in [6, 6.07) is 0. The minimum absolute atomic E-state index is 0. The maximum atomic E-state index is 10.4. The Bertz CT molecular complexity index is 156. The van der Waals surface area contributed by atoms with Crippen molar-refractivity contribution in [2.75, 3.05) is 6.61 Å². The van der Waals surface area contributed by atoms with Crippen LogP contribution in [0.25, 0.3) is 0 Å². The van der Waals surface area contributed by atoms with E-state index in [2.05, 4.69) is 13.4 Å². The topological polar surface area (TPSA) is 82.1 Å². The number of rotatable bonds is 1. The summed E-state index contributed by atoms with van der Waals surface area (Å²) >= 11 is 0. The molecule has 1 N–H and O–H groups in total. The van der Waals surface area contributed by atoms with Crippen LogP contribution < -0.4 is 0 Å². The molecule has 1 aliphatic rings. The van der Waals surface area contributed by atoms with E-state index in [1.54, 1.807) is 0 Å². The maximum Gasteiger partial charge on any atom is 0.750 e. The minimum Gasteiger partial charge on any atom is -0.391 e. The smallest absolute Gasteiger partial charge is 0.391 e. The molecule has 58 valence electrons. The van der Waals surface area contributed by atoms with E-state index in [0.29, 0.717) is 0 Å². The molecule has 11 heavy (non-hydrogen) atoms. The molecule has 9 heteroatoms. The average molecular weight is 298 g/mol. The number of hydrogen-bond donors (Lipinski definition) is 1. The molecule has 0 aromatic rings. The van der Waals surface area contributed by atoms with Crippen LogP contribution in [0.2, 0.25) is 0 Å². The van der Waals surface area contributed by atoms with Crippen LogP contribution in [-0.2, 0) is 49.8 Å². The van der Waals surface area contributed by atoms with Crippen molar-refractivity contribution < 1.29 is 54.9 Å². The maximum absolute atomic E-state index is 10.4. The van der Waals surface area contributed by atoms with Crippen LogP contribution in [0.4, 0.5) is 0 Å². The van der Waals surface area contributed by atoms with Gasteiger partial charge in [-0.1, -0.05) is 9.05 Å². The largest absolute Gasteiger partial charge is 0.750 e. The fourth-order valence-corrected chi connectivity index (χ4v) is 1.79. The summed E-state index contributed by atoms with van der Waals surface area (Å²) in [6.45, 7) is -0.495. The fourth-order valence-electron chi connectivity index (χ4n) is 0.371. The first-order valence-electron chi connectivity index (χ1n) is 2.29. The quantitative estimate of drug-likeness (QED) is 0.566. The van der Waals surface area contributed by atoms with Crippen molar-refractivity contribution in [3.8, 4) is 0 Å². The number of hydrogen-bond acceptors (Lipinski definition) is 6. The summed E-state index contributed by atoms with van der Waals surface area (Å²) in [6.07, 6.45) is -1.10. The van der Waals surface area contributed by atoms with Crippen LogP contribution in [0.1, 0.15) is 0 Å². The van der Waals surface area contributed by atoms with E-state index in [1.807, 2.05) is 0 Å². The van der Waals surface area contributed by atoms with Crippen LogP contribution in [-0.4, -0.2) is 18.0 Å².